The van der Waals surface area contributed by atoms with Gasteiger partial charge >= 0.3 is 0 Å². The zero-order valence-electron chi connectivity index (χ0n) is 9.07. The summed E-state index contributed by atoms with van der Waals surface area (Å²) < 4.78 is 1.93. The molecule has 0 saturated carbocycles. The molecule has 0 radical (unpaired) electrons. The Kier molecular flexibility index (Phi) is 2.72. The van der Waals surface area contributed by atoms with Gasteiger partial charge in [-0.3, -0.25) is 4.68 Å². The molecule has 0 aliphatic rings. The van der Waals surface area contributed by atoms with Gasteiger partial charge in [0.2, 0.25) is 0 Å². The smallest absolute Gasteiger partial charge is 0.0568 e. The van der Waals surface area contributed by atoms with Crippen LogP contribution >= 0.6 is 0 Å². The Morgan fingerprint density at radius 1 is 1.33 bits per heavy atom. The maximum absolute atomic E-state index is 4.26. The van der Waals surface area contributed by atoms with Crippen molar-refractivity contribution in [1.82, 2.24) is 9.78 Å². The summed E-state index contributed by atoms with van der Waals surface area (Å²) in [5, 5.41) is 7.39. The predicted octanol–water partition coefficient (Wildman–Crippen LogP) is 2.61. The minimum absolute atomic E-state index is 0.908. The lowest BCUT2D eigenvalue weighted by Crippen LogP contribution is -1.92. The van der Waals surface area contributed by atoms with Gasteiger partial charge in [0.1, 0.15) is 0 Å². The molecule has 0 bridgehead atoms. The lowest BCUT2D eigenvalue weighted by molar-refractivity contribution is 0.660. The van der Waals surface area contributed by atoms with Gasteiger partial charge in [-0.25, -0.2) is 0 Å². The number of nitrogens with one attached hydrogen (secondary N) is 1. The van der Waals surface area contributed by atoms with Gasteiger partial charge in [-0.2, -0.15) is 5.10 Å². The number of aryl methyl sites for hydroxylation is 1. The van der Waals surface area contributed by atoms with Crippen molar-refractivity contribution < 1.29 is 0 Å². The van der Waals surface area contributed by atoms with Crippen molar-refractivity contribution in [3.8, 4) is 11.1 Å². The Morgan fingerprint density at radius 2 is 2.20 bits per heavy atom. The Labute approximate surface area is 89.7 Å². The Morgan fingerprint density at radius 3 is 2.87 bits per heavy atom. The standard InChI is InChI=1S/C12H15N3/c1-3-15-9-11(8-14-15)10-5-4-6-12(7-10)13-2/h4-9,13H,3H2,1-2H3. The molecule has 1 aromatic heterocycles. The van der Waals surface area contributed by atoms with Crippen molar-refractivity contribution >= 4 is 5.69 Å². The molecule has 3 heteroatoms. The lowest BCUT2D eigenvalue weighted by atomic mass is 10.1. The minimum Gasteiger partial charge on any atom is -0.388 e. The zero-order chi connectivity index (χ0) is 10.7. The van der Waals surface area contributed by atoms with Crippen LogP contribution in [0.2, 0.25) is 0 Å². The van der Waals surface area contributed by atoms with E-state index in [1.165, 1.54) is 5.56 Å². The van der Waals surface area contributed by atoms with E-state index < -0.39 is 0 Å². The number of nitrogens with zero attached hydrogens (tertiary/aromatic N) is 2. The quantitative estimate of drug-likeness (QED) is 0.827. The molecular weight excluding hydrogens is 186 g/mol. The third-order valence-electron chi connectivity index (χ3n) is 2.44. The number of benzene rings is 1. The molecule has 78 valence electrons. The first-order valence-electron chi connectivity index (χ1n) is 5.14. The van der Waals surface area contributed by atoms with Crippen LogP contribution in [0.3, 0.4) is 0 Å². The zero-order valence-corrected chi connectivity index (χ0v) is 9.07. The molecule has 0 amide bonds. The number of anilines is 1. The first-order valence-corrected chi connectivity index (χ1v) is 5.14. The van der Waals surface area contributed by atoms with E-state index in [2.05, 4.69) is 35.7 Å². The maximum Gasteiger partial charge on any atom is 0.0568 e. The number of hydrogen-bond donors (Lipinski definition) is 1. The Bertz CT molecular complexity index is 446. The van der Waals surface area contributed by atoms with Crippen molar-refractivity contribution in [2.24, 2.45) is 0 Å². The highest BCUT2D eigenvalue weighted by molar-refractivity contribution is 5.66. The third-order valence-corrected chi connectivity index (χ3v) is 2.44. The second-order valence-electron chi connectivity index (χ2n) is 3.42. The summed E-state index contributed by atoms with van der Waals surface area (Å²) in [5.41, 5.74) is 3.48. The largest absolute Gasteiger partial charge is 0.388 e. The second-order valence-corrected chi connectivity index (χ2v) is 3.42. The molecule has 1 N–H and O–H groups in total. The van der Waals surface area contributed by atoms with Gasteiger partial charge in [0, 0.05) is 31.0 Å². The summed E-state index contributed by atoms with van der Waals surface area (Å²) in [5.74, 6) is 0. The van der Waals surface area contributed by atoms with Gasteiger partial charge < -0.3 is 5.32 Å². The molecule has 0 unspecified atom stereocenters. The van der Waals surface area contributed by atoms with Gasteiger partial charge in [-0.05, 0) is 24.6 Å². The summed E-state index contributed by atoms with van der Waals surface area (Å²) in [6.45, 7) is 2.99. The molecule has 1 heterocycles. The Hall–Kier alpha value is -1.77. The molecule has 2 rings (SSSR count). The normalized spacial score (nSPS) is 10.3. The van der Waals surface area contributed by atoms with E-state index in [0.29, 0.717) is 0 Å². The van der Waals surface area contributed by atoms with Crippen molar-refractivity contribution in [3.63, 3.8) is 0 Å². The first-order chi connectivity index (χ1) is 7.33. The van der Waals surface area contributed by atoms with Crippen LogP contribution < -0.4 is 5.32 Å². The summed E-state index contributed by atoms with van der Waals surface area (Å²) in [6, 6.07) is 8.31. The minimum atomic E-state index is 0.908. The van der Waals surface area contributed by atoms with Crippen LogP contribution in [0.1, 0.15) is 6.92 Å². The highest BCUT2D eigenvalue weighted by atomic mass is 15.3. The molecule has 15 heavy (non-hydrogen) atoms. The maximum atomic E-state index is 4.26. The number of rotatable bonds is 3. The van der Waals surface area contributed by atoms with Gasteiger partial charge in [-0.1, -0.05) is 12.1 Å². The molecule has 0 spiro atoms. The van der Waals surface area contributed by atoms with Gasteiger partial charge in [0.25, 0.3) is 0 Å². The molecule has 0 aliphatic heterocycles. The van der Waals surface area contributed by atoms with Crippen LogP contribution in [-0.2, 0) is 6.54 Å². The number of hydrogen-bond acceptors (Lipinski definition) is 2. The van der Waals surface area contributed by atoms with Crippen LogP contribution in [0.4, 0.5) is 5.69 Å². The predicted molar refractivity (Wildman–Crippen MR) is 62.9 cm³/mol. The molecule has 2 aromatic rings. The van der Waals surface area contributed by atoms with Gasteiger partial charge in [-0.15, -0.1) is 0 Å². The monoisotopic (exact) mass is 201 g/mol. The topological polar surface area (TPSA) is 29.9 Å². The summed E-state index contributed by atoms with van der Waals surface area (Å²) in [7, 11) is 1.93. The highest BCUT2D eigenvalue weighted by Gasteiger charge is 2.01. The van der Waals surface area contributed by atoms with Crippen molar-refractivity contribution in [3.05, 3.63) is 36.7 Å². The van der Waals surface area contributed by atoms with Crippen LogP contribution in [0.5, 0.6) is 0 Å². The van der Waals surface area contributed by atoms with Crippen molar-refractivity contribution in [2.45, 2.75) is 13.5 Å². The molecule has 3 nitrogen and oxygen atoms in total. The molecule has 0 atom stereocenters. The molecule has 0 aliphatic carbocycles. The second kappa shape index (κ2) is 4.17. The van der Waals surface area contributed by atoms with E-state index in [1.807, 2.05) is 30.1 Å². The van der Waals surface area contributed by atoms with Crippen LogP contribution in [-0.4, -0.2) is 16.8 Å². The van der Waals surface area contributed by atoms with E-state index in [9.17, 15) is 0 Å². The fourth-order valence-corrected chi connectivity index (χ4v) is 1.54. The summed E-state index contributed by atoms with van der Waals surface area (Å²) in [4.78, 5) is 0. The van der Waals surface area contributed by atoms with Gasteiger partial charge in [0.05, 0.1) is 6.20 Å². The molecule has 1 aromatic carbocycles. The third kappa shape index (κ3) is 2.01. The fourth-order valence-electron chi connectivity index (χ4n) is 1.54. The molecule has 0 saturated heterocycles. The van der Waals surface area contributed by atoms with Crippen LogP contribution in [0.25, 0.3) is 11.1 Å². The van der Waals surface area contributed by atoms with E-state index in [4.69, 9.17) is 0 Å². The van der Waals surface area contributed by atoms with E-state index >= 15 is 0 Å². The lowest BCUT2D eigenvalue weighted by Gasteiger charge is -2.02. The molecule has 0 fully saturated rings. The van der Waals surface area contributed by atoms with Crippen molar-refractivity contribution in [1.29, 1.82) is 0 Å². The first kappa shape index (κ1) is 9.77. The van der Waals surface area contributed by atoms with Crippen molar-refractivity contribution in [2.75, 3.05) is 12.4 Å². The fraction of sp³-hybridized carbons (Fsp3) is 0.250. The van der Waals surface area contributed by atoms with E-state index in [-0.39, 0.29) is 0 Å². The number of aromatic nitrogens is 2. The molecular formula is C12H15N3. The van der Waals surface area contributed by atoms with Crippen LogP contribution in [0, 0.1) is 0 Å². The van der Waals surface area contributed by atoms with E-state index in [0.717, 1.165) is 17.8 Å². The highest BCUT2D eigenvalue weighted by Crippen LogP contribution is 2.21. The average Bonchev–Trinajstić information content (AvgIpc) is 2.78. The van der Waals surface area contributed by atoms with Crippen LogP contribution in [0.15, 0.2) is 36.7 Å². The average molecular weight is 201 g/mol. The summed E-state index contributed by atoms with van der Waals surface area (Å²) >= 11 is 0. The van der Waals surface area contributed by atoms with Gasteiger partial charge in [0.15, 0.2) is 0 Å². The van der Waals surface area contributed by atoms with E-state index in [1.54, 1.807) is 0 Å². The summed E-state index contributed by atoms with van der Waals surface area (Å²) in [6.07, 6.45) is 3.97. The SMILES string of the molecule is CCn1cc(-c2cccc(NC)c2)cn1. The Balaban J connectivity index is 2.35.